The van der Waals surface area contributed by atoms with E-state index in [0.29, 0.717) is 13.0 Å². The van der Waals surface area contributed by atoms with E-state index >= 15 is 0 Å². The summed E-state index contributed by atoms with van der Waals surface area (Å²) in [5.41, 5.74) is 5.86. The summed E-state index contributed by atoms with van der Waals surface area (Å²) in [6.45, 7) is 0.733. The van der Waals surface area contributed by atoms with E-state index in [1.807, 2.05) is 30.1 Å². The number of carbonyl (C=O) groups excluding carboxylic acids is 2. The van der Waals surface area contributed by atoms with Crippen LogP contribution in [0.15, 0.2) is 42.5 Å². The molecule has 2 aromatic carbocycles. The van der Waals surface area contributed by atoms with Crippen molar-refractivity contribution in [3.63, 3.8) is 0 Å². The van der Waals surface area contributed by atoms with Crippen LogP contribution < -0.4 is 10.9 Å². The summed E-state index contributed by atoms with van der Waals surface area (Å²) in [7, 11) is -1.17. The molecule has 1 heterocycles. The number of hydrogen-bond acceptors (Lipinski definition) is 5. The fourth-order valence-corrected chi connectivity index (χ4v) is 5.34. The molecule has 1 fully saturated rings. The topological polar surface area (TPSA) is 95.6 Å². The first kappa shape index (κ1) is 20.3. The summed E-state index contributed by atoms with van der Waals surface area (Å²) in [4.78, 5) is 25.8. The van der Waals surface area contributed by atoms with Gasteiger partial charge >= 0.3 is 0 Å². The minimum Gasteiger partial charge on any atom is -0.293 e. The third-order valence-electron chi connectivity index (χ3n) is 4.82. The summed E-state index contributed by atoms with van der Waals surface area (Å²) in [5.74, 6) is -0.680. The first-order valence-electron chi connectivity index (χ1n) is 9.25. The zero-order chi connectivity index (χ0) is 20.1. The second-order valence-corrected chi connectivity index (χ2v) is 9.65. The number of hydrazine groups is 1. The van der Waals surface area contributed by atoms with Crippen LogP contribution in [-0.2, 0) is 26.0 Å². The highest BCUT2D eigenvalue weighted by atomic mass is 32.2. The number of carbonyl (C=O) groups is 2. The maximum atomic E-state index is 12.0. The van der Waals surface area contributed by atoms with Crippen molar-refractivity contribution in [3.8, 4) is 0 Å². The van der Waals surface area contributed by atoms with E-state index in [1.165, 1.54) is 5.39 Å². The lowest BCUT2D eigenvalue weighted by Gasteiger charge is -2.17. The van der Waals surface area contributed by atoms with Crippen molar-refractivity contribution in [2.45, 2.75) is 19.4 Å². The Morgan fingerprint density at radius 1 is 1.07 bits per heavy atom. The van der Waals surface area contributed by atoms with Gasteiger partial charge in [0.05, 0.1) is 18.1 Å². The van der Waals surface area contributed by atoms with Crippen LogP contribution in [0.5, 0.6) is 0 Å². The van der Waals surface area contributed by atoms with Crippen LogP contribution in [0.25, 0.3) is 10.8 Å². The number of sulfone groups is 1. The number of hydrogen-bond donors (Lipinski definition) is 2. The molecule has 7 nitrogen and oxygen atoms in total. The molecule has 0 bridgehead atoms. The number of nitrogens with one attached hydrogen (secondary N) is 2. The number of nitrogens with zero attached hydrogens (tertiary/aromatic N) is 1. The number of rotatable bonds is 6. The van der Waals surface area contributed by atoms with Crippen LogP contribution in [0.4, 0.5) is 0 Å². The van der Waals surface area contributed by atoms with Gasteiger partial charge in [0.2, 0.25) is 5.91 Å². The minimum absolute atomic E-state index is 0.0445. The van der Waals surface area contributed by atoms with Crippen LogP contribution in [-0.4, -0.2) is 50.2 Å². The molecule has 3 rings (SSSR count). The second-order valence-electron chi connectivity index (χ2n) is 7.42. The quantitative estimate of drug-likeness (QED) is 0.708. The Bertz CT molecular complexity index is 974. The molecule has 0 spiro atoms. The Morgan fingerprint density at radius 2 is 1.79 bits per heavy atom. The third kappa shape index (κ3) is 5.77. The maximum absolute atomic E-state index is 12.0. The molecule has 2 aromatic rings. The number of fused-ring (bicyclic) bond motifs is 1. The summed E-state index contributed by atoms with van der Waals surface area (Å²) >= 11 is 0. The summed E-state index contributed by atoms with van der Waals surface area (Å²) in [5, 5.41) is 2.32. The molecule has 1 aliphatic rings. The van der Waals surface area contributed by atoms with Crippen LogP contribution in [0.2, 0.25) is 0 Å². The van der Waals surface area contributed by atoms with Gasteiger partial charge in [0.15, 0.2) is 9.84 Å². The maximum Gasteiger partial charge on any atom is 0.252 e. The smallest absolute Gasteiger partial charge is 0.252 e. The molecule has 28 heavy (non-hydrogen) atoms. The van der Waals surface area contributed by atoms with Gasteiger partial charge in [0.25, 0.3) is 5.91 Å². The number of likely N-dealkylation sites (N-methyl/N-ethyl adjacent to an activating group) is 1. The van der Waals surface area contributed by atoms with E-state index in [9.17, 15) is 18.0 Å². The molecule has 2 amide bonds. The highest BCUT2D eigenvalue weighted by molar-refractivity contribution is 7.91. The van der Waals surface area contributed by atoms with Gasteiger partial charge in [-0.1, -0.05) is 36.4 Å². The molecule has 0 radical (unpaired) electrons. The van der Waals surface area contributed by atoms with Gasteiger partial charge < -0.3 is 0 Å². The van der Waals surface area contributed by atoms with E-state index in [0.717, 1.165) is 10.9 Å². The highest BCUT2D eigenvalue weighted by Gasteiger charge is 2.29. The molecule has 1 saturated heterocycles. The zero-order valence-electron chi connectivity index (χ0n) is 15.8. The van der Waals surface area contributed by atoms with E-state index in [2.05, 4.69) is 35.1 Å². The lowest BCUT2D eigenvalue weighted by Crippen LogP contribution is -2.46. The number of benzene rings is 2. The van der Waals surface area contributed by atoms with Crippen molar-refractivity contribution in [2.24, 2.45) is 5.92 Å². The molecule has 1 aliphatic heterocycles. The number of amides is 2. The van der Waals surface area contributed by atoms with Crippen molar-refractivity contribution in [3.05, 3.63) is 48.0 Å². The third-order valence-corrected chi connectivity index (χ3v) is 6.66. The van der Waals surface area contributed by atoms with Gasteiger partial charge in [-0.3, -0.25) is 25.3 Å². The summed E-state index contributed by atoms with van der Waals surface area (Å²) < 4.78 is 22.9. The molecule has 150 valence electrons. The Balaban J connectivity index is 1.41. The normalized spacial score (nSPS) is 18.3. The molecule has 8 heteroatoms. The lowest BCUT2D eigenvalue weighted by molar-refractivity contribution is -0.129. The molecule has 1 atom stereocenters. The van der Waals surface area contributed by atoms with Gasteiger partial charge in [-0.05, 0) is 41.8 Å². The van der Waals surface area contributed by atoms with E-state index < -0.39 is 9.84 Å². The van der Waals surface area contributed by atoms with Gasteiger partial charge in [-0.25, -0.2) is 8.42 Å². The molecule has 2 N–H and O–H groups in total. The average molecular weight is 404 g/mol. The van der Waals surface area contributed by atoms with Crippen molar-refractivity contribution in [2.75, 3.05) is 25.1 Å². The van der Waals surface area contributed by atoms with E-state index in [1.54, 1.807) is 0 Å². The van der Waals surface area contributed by atoms with E-state index in [-0.39, 0.29) is 42.2 Å². The van der Waals surface area contributed by atoms with Crippen LogP contribution in [0.1, 0.15) is 18.4 Å². The van der Waals surface area contributed by atoms with Crippen LogP contribution in [0, 0.1) is 5.92 Å². The molecular weight excluding hydrogens is 378 g/mol. The largest absolute Gasteiger partial charge is 0.293 e. The Kier molecular flexibility index (Phi) is 6.31. The van der Waals surface area contributed by atoms with Gasteiger partial charge in [-0.15, -0.1) is 0 Å². The van der Waals surface area contributed by atoms with E-state index in [4.69, 9.17) is 0 Å². The fourth-order valence-electron chi connectivity index (χ4n) is 3.48. The Morgan fingerprint density at radius 3 is 2.50 bits per heavy atom. The summed E-state index contributed by atoms with van der Waals surface area (Å²) in [6, 6.07) is 14.3. The monoisotopic (exact) mass is 403 g/mol. The molecule has 0 unspecified atom stereocenters. The first-order valence-corrected chi connectivity index (χ1v) is 11.1. The molecule has 0 saturated carbocycles. The van der Waals surface area contributed by atoms with Crippen LogP contribution in [0.3, 0.4) is 0 Å². The SMILES string of the molecule is CN(CC(=O)NNC(=O)C[C@H]1CCS(=O)(=O)C1)Cc1ccc2ccccc2c1. The van der Waals surface area contributed by atoms with Crippen molar-refractivity contribution < 1.29 is 18.0 Å². The van der Waals surface area contributed by atoms with Gasteiger partial charge in [0, 0.05) is 13.0 Å². The van der Waals surface area contributed by atoms with Gasteiger partial charge in [0.1, 0.15) is 0 Å². The Hall–Kier alpha value is -2.45. The predicted octanol–water partition coefficient (Wildman–Crippen LogP) is 1.24. The lowest BCUT2D eigenvalue weighted by atomic mass is 10.1. The van der Waals surface area contributed by atoms with Crippen LogP contribution >= 0.6 is 0 Å². The standard InChI is InChI=1S/C20H25N3O4S/c1-23(12-15-6-7-17-4-2-3-5-18(17)10-15)13-20(25)22-21-19(24)11-16-8-9-28(26,27)14-16/h2-7,10,16H,8-9,11-14H2,1H3,(H,21,24)(H,22,25)/t16-/m1/s1. The second kappa shape index (κ2) is 8.70. The summed E-state index contributed by atoms with van der Waals surface area (Å²) in [6.07, 6.45) is 0.602. The molecule has 0 aliphatic carbocycles. The molecular formula is C20H25N3O4S. The van der Waals surface area contributed by atoms with Crippen molar-refractivity contribution in [1.82, 2.24) is 15.8 Å². The minimum atomic E-state index is -3.01. The molecule has 0 aromatic heterocycles. The average Bonchev–Trinajstić information content (AvgIpc) is 2.98. The van der Waals surface area contributed by atoms with Crippen molar-refractivity contribution in [1.29, 1.82) is 0 Å². The predicted molar refractivity (Wildman–Crippen MR) is 108 cm³/mol. The highest BCUT2D eigenvalue weighted by Crippen LogP contribution is 2.21. The fraction of sp³-hybridized carbons (Fsp3) is 0.400. The zero-order valence-corrected chi connectivity index (χ0v) is 16.7. The van der Waals surface area contributed by atoms with Crippen molar-refractivity contribution >= 4 is 32.4 Å². The Labute approximate surface area is 165 Å². The van der Waals surface area contributed by atoms with Gasteiger partial charge in [-0.2, -0.15) is 0 Å². The first-order chi connectivity index (χ1) is 13.3.